The number of fused-ring (bicyclic) bond motifs is 2. The third-order valence-corrected chi connectivity index (χ3v) is 9.99. The van der Waals surface area contributed by atoms with E-state index in [0.717, 1.165) is 64.2 Å². The molecule has 0 fully saturated rings. The fourth-order valence-corrected chi connectivity index (χ4v) is 5.76. The lowest BCUT2D eigenvalue weighted by molar-refractivity contribution is 0.0897. The second-order valence-electron chi connectivity index (χ2n) is 12.0. The summed E-state index contributed by atoms with van der Waals surface area (Å²) in [5, 5.41) is 1.45. The molecule has 4 aromatic rings. The summed E-state index contributed by atoms with van der Waals surface area (Å²) in [4.78, 5) is 9.28. The Balaban J connectivity index is 1.64. The Bertz CT molecular complexity index is 1370. The minimum absolute atomic E-state index is 0.419. The highest BCUT2D eigenvalue weighted by Crippen LogP contribution is 2.38. The molecule has 0 atom stereocenters. The van der Waals surface area contributed by atoms with Crippen LogP contribution in [0.2, 0.25) is 56.5 Å². The number of benzene rings is 1. The van der Waals surface area contributed by atoms with Gasteiger partial charge in [0.25, 0.3) is 0 Å². The lowest BCUT2D eigenvalue weighted by Crippen LogP contribution is -2.22. The maximum Gasteiger partial charge on any atom is 0.144 e. The second kappa shape index (κ2) is 11.3. The van der Waals surface area contributed by atoms with E-state index in [1.54, 1.807) is 7.11 Å². The van der Waals surface area contributed by atoms with Crippen LogP contribution in [0.15, 0.2) is 36.8 Å². The molecule has 0 amide bonds. The maximum atomic E-state index is 6.28. The molecule has 200 valence electrons. The zero-order chi connectivity index (χ0) is 26.8. The van der Waals surface area contributed by atoms with Crippen LogP contribution >= 0.6 is 11.6 Å². The van der Waals surface area contributed by atoms with Gasteiger partial charge in [-0.15, -0.1) is 0 Å². The maximum absolute atomic E-state index is 6.28. The van der Waals surface area contributed by atoms with Gasteiger partial charge in [-0.25, -0.2) is 9.97 Å². The second-order valence-corrected chi connectivity index (χ2v) is 23.6. The summed E-state index contributed by atoms with van der Waals surface area (Å²) in [6.07, 6.45) is 3.90. The van der Waals surface area contributed by atoms with E-state index in [1.165, 1.54) is 0 Å². The van der Waals surface area contributed by atoms with Gasteiger partial charge in [-0.3, -0.25) is 0 Å². The van der Waals surface area contributed by atoms with Crippen molar-refractivity contribution in [1.29, 1.82) is 0 Å². The van der Waals surface area contributed by atoms with Crippen molar-refractivity contribution in [2.45, 2.75) is 64.8 Å². The molecule has 0 N–H and O–H groups in total. The predicted molar refractivity (Wildman–Crippen MR) is 158 cm³/mol. The number of pyridine rings is 1. The van der Waals surface area contributed by atoms with Crippen LogP contribution in [0.4, 0.5) is 0 Å². The summed E-state index contributed by atoms with van der Waals surface area (Å²) in [7, 11) is -0.596. The SMILES string of the molecule is COc1cc2c(cc1-c1cn(COCC[Si](C)(C)C)c3nc(Cl)ccc13)ncn2COCC[Si](C)(C)C. The molecule has 10 heteroatoms. The van der Waals surface area contributed by atoms with Crippen molar-refractivity contribution in [3.05, 3.63) is 41.9 Å². The molecule has 3 heterocycles. The molecule has 0 bridgehead atoms. The topological polar surface area (TPSA) is 63.3 Å². The smallest absolute Gasteiger partial charge is 0.144 e. The first kappa shape index (κ1) is 27.8. The molecular formula is C27H39ClN4O3Si2. The Morgan fingerprint density at radius 3 is 2.14 bits per heavy atom. The van der Waals surface area contributed by atoms with Crippen LogP contribution < -0.4 is 4.74 Å². The Kier molecular flexibility index (Phi) is 8.49. The molecule has 4 rings (SSSR count). The van der Waals surface area contributed by atoms with Gasteiger partial charge in [-0.05, 0) is 30.3 Å². The van der Waals surface area contributed by atoms with Gasteiger partial charge in [0.15, 0.2) is 0 Å². The van der Waals surface area contributed by atoms with Crippen LogP contribution in [0.1, 0.15) is 0 Å². The molecule has 0 saturated heterocycles. The van der Waals surface area contributed by atoms with E-state index in [2.05, 4.69) is 61.5 Å². The third-order valence-electron chi connectivity index (χ3n) is 6.37. The monoisotopic (exact) mass is 558 g/mol. The summed E-state index contributed by atoms with van der Waals surface area (Å²) in [6.45, 7) is 16.5. The minimum atomic E-state index is -1.17. The highest BCUT2D eigenvalue weighted by atomic mass is 35.5. The molecule has 7 nitrogen and oxygen atoms in total. The predicted octanol–water partition coefficient (Wildman–Crippen LogP) is 7.34. The highest BCUT2D eigenvalue weighted by molar-refractivity contribution is 6.76. The van der Waals surface area contributed by atoms with E-state index in [4.69, 9.17) is 25.8 Å². The van der Waals surface area contributed by atoms with Crippen molar-refractivity contribution in [1.82, 2.24) is 19.1 Å². The number of rotatable bonds is 12. The van der Waals surface area contributed by atoms with E-state index in [9.17, 15) is 0 Å². The van der Waals surface area contributed by atoms with E-state index in [0.29, 0.717) is 18.6 Å². The van der Waals surface area contributed by atoms with Gasteiger partial charge in [-0.1, -0.05) is 50.9 Å². The molecular weight excluding hydrogens is 520 g/mol. The zero-order valence-electron chi connectivity index (χ0n) is 23.1. The van der Waals surface area contributed by atoms with Crippen molar-refractivity contribution in [2.24, 2.45) is 0 Å². The van der Waals surface area contributed by atoms with Crippen molar-refractivity contribution in [2.75, 3.05) is 20.3 Å². The first-order chi connectivity index (χ1) is 17.4. The van der Waals surface area contributed by atoms with Gasteiger partial charge in [0.1, 0.15) is 30.0 Å². The Labute approximate surface area is 226 Å². The first-order valence-electron chi connectivity index (χ1n) is 12.8. The number of ether oxygens (including phenoxy) is 3. The quantitative estimate of drug-likeness (QED) is 0.103. The molecule has 0 spiro atoms. The average molecular weight is 559 g/mol. The van der Waals surface area contributed by atoms with Crippen LogP contribution in [0.25, 0.3) is 33.2 Å². The summed E-state index contributed by atoms with van der Waals surface area (Å²) in [5.41, 5.74) is 4.62. The van der Waals surface area contributed by atoms with Gasteiger partial charge < -0.3 is 23.3 Å². The van der Waals surface area contributed by atoms with Gasteiger partial charge in [0.2, 0.25) is 0 Å². The number of aromatic nitrogens is 4. The number of hydrogen-bond donors (Lipinski definition) is 0. The summed E-state index contributed by atoms with van der Waals surface area (Å²) in [5.74, 6) is 0.769. The lowest BCUT2D eigenvalue weighted by atomic mass is 10.0. The lowest BCUT2D eigenvalue weighted by Gasteiger charge is -2.16. The number of imidazole rings is 1. The van der Waals surface area contributed by atoms with E-state index < -0.39 is 16.1 Å². The van der Waals surface area contributed by atoms with Gasteiger partial charge >= 0.3 is 0 Å². The van der Waals surface area contributed by atoms with Gasteiger partial charge in [0.05, 0.1) is 24.5 Å². The molecule has 0 saturated carbocycles. The number of hydrogen-bond acceptors (Lipinski definition) is 5. The molecule has 37 heavy (non-hydrogen) atoms. The summed E-state index contributed by atoms with van der Waals surface area (Å²) < 4.78 is 21.9. The van der Waals surface area contributed by atoms with Crippen LogP contribution in [-0.2, 0) is 22.9 Å². The number of halogens is 1. The normalized spacial score (nSPS) is 12.6. The van der Waals surface area contributed by atoms with Gasteiger partial charge in [-0.2, -0.15) is 0 Å². The standard InChI is InChI=1S/C27H39ClN4O3Si2/c1-33-25-15-24-23(29-17-32(24)19-35-11-13-37(5,6)7)14-21(25)22-16-31(18-34-10-12-36(2,3)4)27-20(22)8-9-26(28)30-27/h8-9,14-17H,10-13,18-19H2,1-7H3. The Hall–Kier alpha value is -2.18. The highest BCUT2D eigenvalue weighted by Gasteiger charge is 2.19. The fourth-order valence-electron chi connectivity index (χ4n) is 4.10. The van der Waals surface area contributed by atoms with Crippen LogP contribution in [-0.4, -0.2) is 55.6 Å². The molecule has 0 unspecified atom stereocenters. The van der Waals surface area contributed by atoms with E-state index in [-0.39, 0.29) is 0 Å². The Morgan fingerprint density at radius 1 is 0.865 bits per heavy atom. The van der Waals surface area contributed by atoms with E-state index >= 15 is 0 Å². The number of methoxy groups -OCH3 is 1. The van der Waals surface area contributed by atoms with Crippen molar-refractivity contribution in [3.63, 3.8) is 0 Å². The molecule has 0 aliphatic heterocycles. The van der Waals surface area contributed by atoms with Crippen LogP contribution in [0, 0.1) is 0 Å². The van der Waals surface area contributed by atoms with E-state index in [1.807, 2.05) is 33.7 Å². The van der Waals surface area contributed by atoms with Crippen molar-refractivity contribution < 1.29 is 14.2 Å². The molecule has 0 radical (unpaired) electrons. The molecule has 0 aliphatic rings. The number of nitrogens with zero attached hydrogens (tertiary/aromatic N) is 4. The van der Waals surface area contributed by atoms with Crippen LogP contribution in [0.3, 0.4) is 0 Å². The largest absolute Gasteiger partial charge is 0.496 e. The van der Waals surface area contributed by atoms with Gasteiger partial charge in [0, 0.05) is 58.1 Å². The minimum Gasteiger partial charge on any atom is -0.496 e. The summed E-state index contributed by atoms with van der Waals surface area (Å²) >= 11 is 6.28. The molecule has 0 aliphatic carbocycles. The zero-order valence-corrected chi connectivity index (χ0v) is 25.9. The van der Waals surface area contributed by atoms with Crippen LogP contribution in [0.5, 0.6) is 5.75 Å². The van der Waals surface area contributed by atoms with Crippen molar-refractivity contribution >= 4 is 49.8 Å². The first-order valence-corrected chi connectivity index (χ1v) is 20.6. The summed E-state index contributed by atoms with van der Waals surface area (Å²) in [6, 6.07) is 10.2. The molecule has 3 aromatic heterocycles. The fraction of sp³-hybridized carbons (Fsp3) is 0.481. The third kappa shape index (κ3) is 7.03. The Morgan fingerprint density at radius 2 is 1.51 bits per heavy atom. The molecule has 1 aromatic carbocycles. The average Bonchev–Trinajstić information content (AvgIpc) is 3.38. The van der Waals surface area contributed by atoms with Crippen molar-refractivity contribution in [3.8, 4) is 16.9 Å².